The quantitative estimate of drug-likeness (QED) is 0.405. The fourth-order valence-electron chi connectivity index (χ4n) is 2.60. The third-order valence-electron chi connectivity index (χ3n) is 3.98. The number of hydrogen-bond donors (Lipinski definition) is 1. The number of rotatable bonds is 6. The minimum absolute atomic E-state index is 0.315. The maximum atomic E-state index is 12.5. The van der Waals surface area contributed by atoms with Crippen LogP contribution in [0.2, 0.25) is 0 Å². The SMILES string of the molecule is C=CCOc1ccccc1C(=O)NN=C(C)c1ccc2ccccc2c1. The van der Waals surface area contributed by atoms with E-state index >= 15 is 0 Å². The molecule has 0 aromatic heterocycles. The number of para-hydroxylation sites is 1. The zero-order chi connectivity index (χ0) is 18.4. The lowest BCUT2D eigenvalue weighted by Gasteiger charge is -2.09. The van der Waals surface area contributed by atoms with Crippen molar-refractivity contribution >= 4 is 22.4 Å². The first-order chi connectivity index (χ1) is 12.7. The van der Waals surface area contributed by atoms with Crippen LogP contribution in [0.15, 0.2) is 84.5 Å². The summed E-state index contributed by atoms with van der Waals surface area (Å²) < 4.78 is 5.52. The topological polar surface area (TPSA) is 50.7 Å². The smallest absolute Gasteiger partial charge is 0.275 e. The van der Waals surface area contributed by atoms with Crippen molar-refractivity contribution in [2.75, 3.05) is 6.61 Å². The van der Waals surface area contributed by atoms with Gasteiger partial charge in [-0.2, -0.15) is 5.10 Å². The van der Waals surface area contributed by atoms with Gasteiger partial charge < -0.3 is 4.74 Å². The van der Waals surface area contributed by atoms with Crippen molar-refractivity contribution in [3.8, 4) is 5.75 Å². The van der Waals surface area contributed by atoms with Crippen molar-refractivity contribution in [2.24, 2.45) is 5.10 Å². The first-order valence-electron chi connectivity index (χ1n) is 8.35. The molecule has 0 fully saturated rings. The number of nitrogens with one attached hydrogen (secondary N) is 1. The van der Waals surface area contributed by atoms with E-state index in [-0.39, 0.29) is 5.91 Å². The summed E-state index contributed by atoms with van der Waals surface area (Å²) in [6, 6.07) is 21.3. The molecular formula is C22H20N2O2. The number of fused-ring (bicyclic) bond motifs is 1. The summed E-state index contributed by atoms with van der Waals surface area (Å²) in [7, 11) is 0. The van der Waals surface area contributed by atoms with Gasteiger partial charge in [0.05, 0.1) is 11.3 Å². The average molecular weight is 344 g/mol. The second kappa shape index (κ2) is 8.12. The van der Waals surface area contributed by atoms with Crippen LogP contribution in [0.25, 0.3) is 10.8 Å². The van der Waals surface area contributed by atoms with Gasteiger partial charge in [-0.05, 0) is 41.5 Å². The van der Waals surface area contributed by atoms with E-state index < -0.39 is 0 Å². The lowest BCUT2D eigenvalue weighted by atomic mass is 10.0. The van der Waals surface area contributed by atoms with Gasteiger partial charge in [-0.25, -0.2) is 5.43 Å². The van der Waals surface area contributed by atoms with Crippen molar-refractivity contribution in [1.29, 1.82) is 0 Å². The summed E-state index contributed by atoms with van der Waals surface area (Å²) in [6.45, 7) is 5.82. The van der Waals surface area contributed by atoms with Crippen LogP contribution in [0.5, 0.6) is 5.75 Å². The highest BCUT2D eigenvalue weighted by Crippen LogP contribution is 2.18. The van der Waals surface area contributed by atoms with Gasteiger partial charge in [0, 0.05) is 0 Å². The summed E-state index contributed by atoms with van der Waals surface area (Å²) in [6.07, 6.45) is 1.64. The molecule has 0 radical (unpaired) electrons. The number of carbonyl (C=O) groups excluding carboxylic acids is 1. The largest absolute Gasteiger partial charge is 0.489 e. The summed E-state index contributed by atoms with van der Waals surface area (Å²) in [4.78, 5) is 12.5. The van der Waals surface area contributed by atoms with E-state index in [9.17, 15) is 4.79 Å². The Balaban J connectivity index is 1.77. The Labute approximate surface area is 152 Å². The molecule has 0 atom stereocenters. The molecule has 0 aliphatic rings. The van der Waals surface area contributed by atoms with E-state index in [0.29, 0.717) is 17.9 Å². The van der Waals surface area contributed by atoms with Crippen LogP contribution in [0.3, 0.4) is 0 Å². The third-order valence-corrected chi connectivity index (χ3v) is 3.98. The Kier molecular flexibility index (Phi) is 5.44. The van der Waals surface area contributed by atoms with E-state index in [0.717, 1.165) is 16.7 Å². The van der Waals surface area contributed by atoms with Crippen molar-refractivity contribution in [1.82, 2.24) is 5.43 Å². The van der Waals surface area contributed by atoms with Gasteiger partial charge in [0.2, 0.25) is 0 Å². The van der Waals surface area contributed by atoms with Crippen LogP contribution < -0.4 is 10.2 Å². The number of carbonyl (C=O) groups is 1. The lowest BCUT2D eigenvalue weighted by Crippen LogP contribution is -2.20. The van der Waals surface area contributed by atoms with Gasteiger partial charge in [-0.3, -0.25) is 4.79 Å². The molecule has 0 unspecified atom stereocenters. The van der Waals surface area contributed by atoms with Gasteiger partial charge in [0.1, 0.15) is 12.4 Å². The van der Waals surface area contributed by atoms with Gasteiger partial charge in [0.15, 0.2) is 0 Å². The van der Waals surface area contributed by atoms with E-state index in [4.69, 9.17) is 4.74 Å². The first-order valence-corrected chi connectivity index (χ1v) is 8.35. The molecule has 4 heteroatoms. The van der Waals surface area contributed by atoms with E-state index in [1.54, 1.807) is 24.3 Å². The maximum Gasteiger partial charge on any atom is 0.275 e. The van der Waals surface area contributed by atoms with Crippen LogP contribution in [0.4, 0.5) is 0 Å². The third kappa shape index (κ3) is 3.98. The predicted molar refractivity (Wildman–Crippen MR) is 106 cm³/mol. The average Bonchev–Trinajstić information content (AvgIpc) is 2.70. The standard InChI is InChI=1S/C22H20N2O2/c1-3-14-26-21-11-7-6-10-20(21)22(25)24-23-16(2)18-13-12-17-8-4-5-9-19(17)15-18/h3-13,15H,1,14H2,2H3,(H,24,25). The van der Waals surface area contributed by atoms with Gasteiger partial charge in [-0.15, -0.1) is 0 Å². The summed E-state index contributed by atoms with van der Waals surface area (Å²) in [5.41, 5.74) is 4.73. The molecule has 0 saturated carbocycles. The van der Waals surface area contributed by atoms with Crippen molar-refractivity contribution in [2.45, 2.75) is 6.92 Å². The van der Waals surface area contributed by atoms with Crippen molar-refractivity contribution in [3.05, 3.63) is 90.5 Å². The predicted octanol–water partition coefficient (Wildman–Crippen LogP) is 4.56. The van der Waals surface area contributed by atoms with Crippen LogP contribution in [0.1, 0.15) is 22.8 Å². The molecule has 0 saturated heterocycles. The molecule has 1 amide bonds. The van der Waals surface area contributed by atoms with Crippen LogP contribution in [-0.2, 0) is 0 Å². The monoisotopic (exact) mass is 344 g/mol. The zero-order valence-corrected chi connectivity index (χ0v) is 14.6. The second-order valence-electron chi connectivity index (χ2n) is 5.80. The number of benzene rings is 3. The minimum atomic E-state index is -0.315. The molecule has 3 rings (SSSR count). The first kappa shape index (κ1) is 17.4. The Morgan fingerprint density at radius 2 is 1.81 bits per heavy atom. The van der Waals surface area contributed by atoms with Crippen LogP contribution in [0, 0.1) is 0 Å². The molecule has 0 aliphatic heterocycles. The molecule has 130 valence electrons. The Bertz CT molecular complexity index is 977. The zero-order valence-electron chi connectivity index (χ0n) is 14.6. The van der Waals surface area contributed by atoms with E-state index in [1.807, 2.05) is 37.3 Å². The number of hydrogen-bond acceptors (Lipinski definition) is 3. The van der Waals surface area contributed by atoms with Gasteiger partial charge in [0.25, 0.3) is 5.91 Å². The second-order valence-corrected chi connectivity index (χ2v) is 5.80. The number of nitrogens with zero attached hydrogens (tertiary/aromatic N) is 1. The molecule has 26 heavy (non-hydrogen) atoms. The Morgan fingerprint density at radius 3 is 2.62 bits per heavy atom. The molecule has 0 spiro atoms. The Hall–Kier alpha value is -3.40. The molecule has 4 nitrogen and oxygen atoms in total. The molecular weight excluding hydrogens is 324 g/mol. The highest BCUT2D eigenvalue weighted by atomic mass is 16.5. The van der Waals surface area contributed by atoms with E-state index in [1.165, 1.54) is 5.39 Å². The van der Waals surface area contributed by atoms with Gasteiger partial charge in [-0.1, -0.05) is 61.2 Å². The maximum absolute atomic E-state index is 12.5. The van der Waals surface area contributed by atoms with Crippen LogP contribution in [-0.4, -0.2) is 18.2 Å². The summed E-state index contributed by atoms with van der Waals surface area (Å²) in [5, 5.41) is 6.54. The normalized spacial score (nSPS) is 11.2. The molecule has 0 heterocycles. The summed E-state index contributed by atoms with van der Waals surface area (Å²) in [5.74, 6) is 0.188. The fourth-order valence-corrected chi connectivity index (χ4v) is 2.60. The van der Waals surface area contributed by atoms with Crippen LogP contribution >= 0.6 is 0 Å². The molecule has 1 N–H and O–H groups in total. The summed E-state index contributed by atoms with van der Waals surface area (Å²) >= 11 is 0. The fraction of sp³-hybridized carbons (Fsp3) is 0.0909. The number of amides is 1. The van der Waals surface area contributed by atoms with Crippen molar-refractivity contribution in [3.63, 3.8) is 0 Å². The number of hydrazone groups is 1. The molecule has 0 bridgehead atoms. The van der Waals surface area contributed by atoms with Gasteiger partial charge >= 0.3 is 0 Å². The van der Waals surface area contributed by atoms with E-state index in [2.05, 4.69) is 35.3 Å². The highest BCUT2D eigenvalue weighted by molar-refractivity contribution is 6.03. The lowest BCUT2D eigenvalue weighted by molar-refractivity contribution is 0.0951. The molecule has 3 aromatic rings. The highest BCUT2D eigenvalue weighted by Gasteiger charge is 2.11. The number of ether oxygens (including phenoxy) is 1. The molecule has 0 aliphatic carbocycles. The Morgan fingerprint density at radius 1 is 1.08 bits per heavy atom. The minimum Gasteiger partial charge on any atom is -0.489 e. The molecule has 3 aromatic carbocycles. The van der Waals surface area contributed by atoms with Crippen molar-refractivity contribution < 1.29 is 9.53 Å².